The van der Waals surface area contributed by atoms with E-state index < -0.39 is 11.8 Å². The number of hydrogen-bond donors (Lipinski definition) is 2. The van der Waals surface area contributed by atoms with Crippen LogP contribution in [-0.4, -0.2) is 24.5 Å². The van der Waals surface area contributed by atoms with E-state index in [1.807, 2.05) is 56.3 Å². The molecule has 0 aliphatic carbocycles. The number of carbonyl (C=O) groups is 2. The Morgan fingerprint density at radius 3 is 2.06 bits per heavy atom. The fourth-order valence-corrected chi connectivity index (χ4v) is 3.12. The smallest absolute Gasteiger partial charge is 0.272 e. The van der Waals surface area contributed by atoms with E-state index in [1.165, 1.54) is 0 Å². The van der Waals surface area contributed by atoms with Crippen LogP contribution in [0.15, 0.2) is 84.6 Å². The molecule has 2 amide bonds. The van der Waals surface area contributed by atoms with Gasteiger partial charge in [-0.05, 0) is 79.9 Å². The Bertz CT molecular complexity index is 1140. The van der Waals surface area contributed by atoms with Crippen LogP contribution in [0, 0.1) is 5.92 Å². The zero-order chi connectivity index (χ0) is 25.2. The number of benzene rings is 3. The highest BCUT2D eigenvalue weighted by molar-refractivity contribution is 6.10. The predicted octanol–water partition coefficient (Wildman–Crippen LogP) is 5.92. The lowest BCUT2D eigenvalue weighted by Crippen LogP contribution is -2.30. The lowest BCUT2D eigenvalue weighted by atomic mass is 10.1. The van der Waals surface area contributed by atoms with Crippen molar-refractivity contribution in [3.8, 4) is 11.5 Å². The number of hydrogen-bond acceptors (Lipinski definition) is 4. The average Bonchev–Trinajstić information content (AvgIpc) is 2.84. The summed E-state index contributed by atoms with van der Waals surface area (Å²) in [6, 6.07) is 23.3. The molecule has 0 saturated heterocycles. The Morgan fingerprint density at radius 2 is 1.46 bits per heavy atom. The molecule has 2 N–H and O–H groups in total. The van der Waals surface area contributed by atoms with Crippen LogP contribution in [0.5, 0.6) is 11.5 Å². The largest absolute Gasteiger partial charge is 0.493 e. The minimum atomic E-state index is -0.427. The summed E-state index contributed by atoms with van der Waals surface area (Å²) in [7, 11) is 0. The van der Waals surface area contributed by atoms with Gasteiger partial charge in [-0.1, -0.05) is 44.2 Å². The van der Waals surface area contributed by atoms with E-state index in [1.54, 1.807) is 42.5 Å². The standard InChI is InChI=1S/C29H32N2O4/c1-20(2)19-34-25-16-12-23(13-17-25)28(32)31-27(29(33)30-24-8-6-5-7-9-24)18-22-10-14-26(15-11-22)35-21(3)4/h5-18,20-21H,19H2,1-4H3,(H,30,33)(H,31,32). The molecule has 182 valence electrons. The maximum absolute atomic E-state index is 13.1. The van der Waals surface area contributed by atoms with Gasteiger partial charge >= 0.3 is 0 Å². The molecule has 0 radical (unpaired) electrons. The summed E-state index contributed by atoms with van der Waals surface area (Å²) in [4.78, 5) is 26.0. The fourth-order valence-electron chi connectivity index (χ4n) is 3.12. The summed E-state index contributed by atoms with van der Waals surface area (Å²) < 4.78 is 11.4. The molecule has 6 nitrogen and oxygen atoms in total. The van der Waals surface area contributed by atoms with E-state index in [-0.39, 0.29) is 11.8 Å². The van der Waals surface area contributed by atoms with E-state index in [4.69, 9.17) is 9.47 Å². The Kier molecular flexibility index (Phi) is 9.07. The van der Waals surface area contributed by atoms with Gasteiger partial charge in [0.15, 0.2) is 0 Å². The third kappa shape index (κ3) is 8.34. The molecule has 3 rings (SSSR count). The predicted molar refractivity (Wildman–Crippen MR) is 139 cm³/mol. The molecular formula is C29H32N2O4. The van der Waals surface area contributed by atoms with Gasteiger partial charge in [-0.2, -0.15) is 0 Å². The van der Waals surface area contributed by atoms with Crippen LogP contribution >= 0.6 is 0 Å². The quantitative estimate of drug-likeness (QED) is 0.359. The first-order chi connectivity index (χ1) is 16.8. The second kappa shape index (κ2) is 12.4. The fraction of sp³-hybridized carbons (Fsp3) is 0.241. The molecule has 0 spiro atoms. The summed E-state index contributed by atoms with van der Waals surface area (Å²) in [5.74, 6) is 1.01. The average molecular weight is 473 g/mol. The van der Waals surface area contributed by atoms with Gasteiger partial charge < -0.3 is 20.1 Å². The number of ether oxygens (including phenoxy) is 2. The second-order valence-electron chi connectivity index (χ2n) is 8.80. The third-order valence-electron chi connectivity index (χ3n) is 4.79. The number of amides is 2. The first kappa shape index (κ1) is 25.6. The highest BCUT2D eigenvalue weighted by atomic mass is 16.5. The minimum Gasteiger partial charge on any atom is -0.493 e. The van der Waals surface area contributed by atoms with E-state index in [0.29, 0.717) is 29.5 Å². The van der Waals surface area contributed by atoms with Gasteiger partial charge in [0.25, 0.3) is 11.8 Å². The molecule has 0 saturated carbocycles. The summed E-state index contributed by atoms with van der Waals surface area (Å²) in [6.45, 7) is 8.65. The van der Waals surface area contributed by atoms with Gasteiger partial charge in [-0.15, -0.1) is 0 Å². The summed E-state index contributed by atoms with van der Waals surface area (Å²) in [5, 5.41) is 5.58. The van der Waals surface area contributed by atoms with Gasteiger partial charge in [-0.25, -0.2) is 0 Å². The van der Waals surface area contributed by atoms with Crippen molar-refractivity contribution in [2.45, 2.75) is 33.8 Å². The molecule has 0 aliphatic rings. The number of para-hydroxylation sites is 1. The summed E-state index contributed by atoms with van der Waals surface area (Å²) in [5.41, 5.74) is 1.92. The molecule has 0 fully saturated rings. The molecular weight excluding hydrogens is 440 g/mol. The van der Waals surface area contributed by atoms with E-state index >= 15 is 0 Å². The maximum Gasteiger partial charge on any atom is 0.272 e. The SMILES string of the molecule is CC(C)COc1ccc(C(=O)NC(=Cc2ccc(OC(C)C)cc2)C(=O)Nc2ccccc2)cc1. The Morgan fingerprint density at radius 1 is 0.829 bits per heavy atom. The van der Waals surface area contributed by atoms with Crippen molar-refractivity contribution in [3.05, 3.63) is 95.7 Å². The van der Waals surface area contributed by atoms with Gasteiger partial charge in [0, 0.05) is 11.3 Å². The zero-order valence-electron chi connectivity index (χ0n) is 20.6. The van der Waals surface area contributed by atoms with Crippen LogP contribution in [0.1, 0.15) is 43.6 Å². The first-order valence-corrected chi connectivity index (χ1v) is 11.7. The first-order valence-electron chi connectivity index (χ1n) is 11.7. The van der Waals surface area contributed by atoms with Crippen molar-refractivity contribution in [1.29, 1.82) is 0 Å². The normalized spacial score (nSPS) is 11.3. The van der Waals surface area contributed by atoms with Crippen molar-refractivity contribution in [3.63, 3.8) is 0 Å². The molecule has 0 bridgehead atoms. The van der Waals surface area contributed by atoms with Crippen molar-refractivity contribution in [2.24, 2.45) is 5.92 Å². The van der Waals surface area contributed by atoms with Crippen molar-refractivity contribution in [2.75, 3.05) is 11.9 Å². The van der Waals surface area contributed by atoms with E-state index in [9.17, 15) is 9.59 Å². The highest BCUT2D eigenvalue weighted by Gasteiger charge is 2.15. The lowest BCUT2D eigenvalue weighted by Gasteiger charge is -2.13. The Labute approximate surface area is 207 Å². The van der Waals surface area contributed by atoms with Crippen LogP contribution < -0.4 is 20.1 Å². The van der Waals surface area contributed by atoms with Crippen molar-refractivity contribution < 1.29 is 19.1 Å². The van der Waals surface area contributed by atoms with Crippen LogP contribution in [0.3, 0.4) is 0 Å². The zero-order valence-corrected chi connectivity index (χ0v) is 20.6. The second-order valence-corrected chi connectivity index (χ2v) is 8.80. The molecule has 0 aliphatic heterocycles. The van der Waals surface area contributed by atoms with Crippen LogP contribution in [0.2, 0.25) is 0 Å². The molecule has 35 heavy (non-hydrogen) atoms. The van der Waals surface area contributed by atoms with Gasteiger partial charge in [0.05, 0.1) is 12.7 Å². The Hall–Kier alpha value is -4.06. The maximum atomic E-state index is 13.1. The number of nitrogens with one attached hydrogen (secondary N) is 2. The van der Waals surface area contributed by atoms with Crippen molar-refractivity contribution in [1.82, 2.24) is 5.32 Å². The van der Waals surface area contributed by atoms with Crippen LogP contribution in [0.4, 0.5) is 5.69 Å². The molecule has 0 heterocycles. The van der Waals surface area contributed by atoms with Gasteiger partial charge in [-0.3, -0.25) is 9.59 Å². The number of carbonyl (C=O) groups excluding carboxylic acids is 2. The molecule has 3 aromatic rings. The van der Waals surface area contributed by atoms with E-state index in [0.717, 1.165) is 11.3 Å². The topological polar surface area (TPSA) is 76.7 Å². The highest BCUT2D eigenvalue weighted by Crippen LogP contribution is 2.18. The molecule has 0 atom stereocenters. The Balaban J connectivity index is 1.80. The van der Waals surface area contributed by atoms with Gasteiger partial charge in [0.2, 0.25) is 0 Å². The third-order valence-corrected chi connectivity index (χ3v) is 4.79. The molecule has 0 aromatic heterocycles. The lowest BCUT2D eigenvalue weighted by molar-refractivity contribution is -0.113. The number of rotatable bonds is 10. The summed E-state index contributed by atoms with van der Waals surface area (Å²) >= 11 is 0. The van der Waals surface area contributed by atoms with Gasteiger partial charge in [0.1, 0.15) is 17.2 Å². The van der Waals surface area contributed by atoms with E-state index in [2.05, 4.69) is 24.5 Å². The number of anilines is 1. The molecule has 0 unspecified atom stereocenters. The van der Waals surface area contributed by atoms with Crippen LogP contribution in [0.25, 0.3) is 6.08 Å². The monoisotopic (exact) mass is 472 g/mol. The summed E-state index contributed by atoms with van der Waals surface area (Å²) in [6.07, 6.45) is 1.69. The van der Waals surface area contributed by atoms with Crippen molar-refractivity contribution >= 4 is 23.6 Å². The molecule has 6 heteroatoms. The minimum absolute atomic E-state index is 0.0602. The van der Waals surface area contributed by atoms with Crippen LogP contribution in [-0.2, 0) is 4.79 Å². The molecule has 3 aromatic carbocycles.